The number of hydrogen-bond acceptors (Lipinski definition) is 1. The Hall–Kier alpha value is -6.54. The van der Waals surface area contributed by atoms with Gasteiger partial charge in [-0.1, -0.05) is 170 Å². The second-order valence-electron chi connectivity index (χ2n) is 14.8. The van der Waals surface area contributed by atoms with Crippen LogP contribution in [0.4, 0.5) is 0 Å². The highest BCUT2D eigenvalue weighted by Crippen LogP contribution is 2.50. The number of benzene rings is 10. The van der Waals surface area contributed by atoms with E-state index in [0.29, 0.717) is 0 Å². The second kappa shape index (κ2) is 12.5. The number of aryl methyl sites for hydroxylation is 2. The molecule has 258 valence electrons. The average Bonchev–Trinajstić information content (AvgIpc) is 3.61. The summed E-state index contributed by atoms with van der Waals surface area (Å²) in [6.07, 6.45) is 0. The van der Waals surface area contributed by atoms with Crippen LogP contribution in [0.5, 0.6) is 0 Å². The van der Waals surface area contributed by atoms with Gasteiger partial charge in [0, 0.05) is 20.2 Å². The highest BCUT2D eigenvalue weighted by molar-refractivity contribution is 7.26. The zero-order valence-corrected chi connectivity index (χ0v) is 31.5. The molecule has 0 fully saturated rings. The second-order valence-corrected chi connectivity index (χ2v) is 15.9. The molecule has 0 radical (unpaired) electrons. The molecule has 0 aliphatic carbocycles. The first-order chi connectivity index (χ1) is 27.2. The van der Waals surface area contributed by atoms with E-state index in [1.807, 2.05) is 11.3 Å². The maximum Gasteiger partial charge on any atom is 0.0361 e. The molecule has 0 spiro atoms. The third-order valence-corrected chi connectivity index (χ3v) is 12.8. The number of hydrogen-bond donors (Lipinski definition) is 0. The van der Waals surface area contributed by atoms with Crippen LogP contribution < -0.4 is 0 Å². The Labute approximate surface area is 324 Å². The maximum absolute atomic E-state index is 2.44. The first-order valence-corrected chi connectivity index (χ1v) is 19.9. The topological polar surface area (TPSA) is 0 Å². The van der Waals surface area contributed by atoms with Gasteiger partial charge in [-0.15, -0.1) is 11.3 Å². The number of thiophene rings is 1. The molecule has 1 heterocycles. The summed E-state index contributed by atoms with van der Waals surface area (Å²) in [5, 5.41) is 12.9. The van der Waals surface area contributed by atoms with Gasteiger partial charge < -0.3 is 0 Å². The number of rotatable bonds is 4. The molecular formula is C54H36S. The monoisotopic (exact) mass is 716 g/mol. The molecule has 0 saturated heterocycles. The Morgan fingerprint density at radius 2 is 0.745 bits per heavy atom. The quantitative estimate of drug-likeness (QED) is 0.159. The molecule has 11 aromatic rings. The van der Waals surface area contributed by atoms with Crippen molar-refractivity contribution in [3.8, 4) is 44.5 Å². The Kier molecular flexibility index (Phi) is 7.27. The lowest BCUT2D eigenvalue weighted by atomic mass is 9.83. The summed E-state index contributed by atoms with van der Waals surface area (Å²) in [5.41, 5.74) is 13.0. The summed E-state index contributed by atoms with van der Waals surface area (Å²) < 4.78 is 2.62. The Morgan fingerprint density at radius 1 is 0.291 bits per heavy atom. The number of fused-ring (bicyclic) bond motifs is 7. The summed E-state index contributed by atoms with van der Waals surface area (Å²) in [7, 11) is 0. The molecule has 0 atom stereocenters. The predicted octanol–water partition coefficient (Wildman–Crippen LogP) is 16.0. The van der Waals surface area contributed by atoms with E-state index in [9.17, 15) is 0 Å². The molecule has 0 saturated carbocycles. The van der Waals surface area contributed by atoms with E-state index in [0.717, 1.165) is 0 Å². The van der Waals surface area contributed by atoms with Gasteiger partial charge in [-0.3, -0.25) is 0 Å². The molecule has 0 aliphatic rings. The van der Waals surface area contributed by atoms with Crippen LogP contribution in [0.2, 0.25) is 0 Å². The third-order valence-electron chi connectivity index (χ3n) is 11.7. The van der Waals surface area contributed by atoms with E-state index in [1.54, 1.807) is 0 Å². The molecule has 0 aliphatic heterocycles. The lowest BCUT2D eigenvalue weighted by Crippen LogP contribution is -1.94. The van der Waals surface area contributed by atoms with Crippen molar-refractivity contribution in [2.45, 2.75) is 13.8 Å². The van der Waals surface area contributed by atoms with Crippen LogP contribution >= 0.6 is 11.3 Å². The van der Waals surface area contributed by atoms with E-state index in [4.69, 9.17) is 0 Å². The van der Waals surface area contributed by atoms with E-state index < -0.39 is 0 Å². The molecule has 0 unspecified atom stereocenters. The van der Waals surface area contributed by atoms with Gasteiger partial charge in [-0.25, -0.2) is 0 Å². The van der Waals surface area contributed by atoms with Gasteiger partial charge in [0.25, 0.3) is 0 Å². The normalized spacial score (nSPS) is 11.8. The fourth-order valence-corrected chi connectivity index (χ4v) is 10.6. The van der Waals surface area contributed by atoms with Crippen LogP contribution in [0.1, 0.15) is 11.1 Å². The lowest BCUT2D eigenvalue weighted by molar-refractivity contribution is 1.39. The Bertz CT molecular complexity index is 3190. The molecule has 0 N–H and O–H groups in total. The first-order valence-electron chi connectivity index (χ1n) is 19.1. The molecule has 0 nitrogen and oxygen atoms in total. The lowest BCUT2D eigenvalue weighted by Gasteiger charge is -2.20. The van der Waals surface area contributed by atoms with Crippen molar-refractivity contribution in [1.29, 1.82) is 0 Å². The van der Waals surface area contributed by atoms with Crippen molar-refractivity contribution >= 4 is 74.6 Å². The first kappa shape index (κ1) is 31.9. The summed E-state index contributed by atoms with van der Waals surface area (Å²) in [6.45, 7) is 4.49. The standard InChI is InChI=1S/C54H36S/c1-33-16-14-17-34(2)49(33)54-43-26-12-10-24-41(43)52(42-25-11-13-27-44(42)54)46-28-15-29-47-53(46)45-31-30-36(32-48(45)55-47)51-39-22-8-6-20-37(39)50(35-18-4-3-5-19-35)38-21-7-9-23-40(38)51/h3-32H,1-2H3. The zero-order chi connectivity index (χ0) is 36.6. The summed E-state index contributed by atoms with van der Waals surface area (Å²) in [5.74, 6) is 0. The van der Waals surface area contributed by atoms with Crippen LogP contribution in [0, 0.1) is 13.8 Å². The van der Waals surface area contributed by atoms with Crippen molar-refractivity contribution in [3.63, 3.8) is 0 Å². The molecule has 0 bridgehead atoms. The van der Waals surface area contributed by atoms with E-state index >= 15 is 0 Å². The summed E-state index contributed by atoms with van der Waals surface area (Å²) in [4.78, 5) is 0. The Morgan fingerprint density at radius 3 is 1.29 bits per heavy atom. The van der Waals surface area contributed by atoms with Gasteiger partial charge in [-0.2, -0.15) is 0 Å². The van der Waals surface area contributed by atoms with Crippen LogP contribution in [0.3, 0.4) is 0 Å². The zero-order valence-electron chi connectivity index (χ0n) is 30.7. The van der Waals surface area contributed by atoms with Crippen molar-refractivity contribution < 1.29 is 0 Å². The predicted molar refractivity (Wildman–Crippen MR) is 241 cm³/mol. The van der Waals surface area contributed by atoms with Crippen molar-refractivity contribution in [3.05, 3.63) is 193 Å². The summed E-state index contributed by atoms with van der Waals surface area (Å²) >= 11 is 1.90. The van der Waals surface area contributed by atoms with Crippen LogP contribution in [-0.4, -0.2) is 0 Å². The highest BCUT2D eigenvalue weighted by Gasteiger charge is 2.22. The maximum atomic E-state index is 2.44. The molecule has 0 amide bonds. The largest absolute Gasteiger partial charge is 0.135 e. The van der Waals surface area contributed by atoms with Crippen molar-refractivity contribution in [2.24, 2.45) is 0 Å². The molecule has 1 aromatic heterocycles. The minimum atomic E-state index is 1.25. The third kappa shape index (κ3) is 4.83. The SMILES string of the molecule is Cc1cccc(C)c1-c1c2ccccc2c(-c2cccc3sc4cc(-c5c6ccccc6c(-c6ccccc6)c6ccccc56)ccc4c23)c2ccccc12. The smallest absolute Gasteiger partial charge is 0.0361 e. The molecule has 10 aromatic carbocycles. The molecule has 11 rings (SSSR count). The Balaban J connectivity index is 1.18. The molecule has 1 heteroatoms. The molecule has 55 heavy (non-hydrogen) atoms. The highest BCUT2D eigenvalue weighted by atomic mass is 32.1. The minimum absolute atomic E-state index is 1.25. The van der Waals surface area contributed by atoms with Gasteiger partial charge in [0.2, 0.25) is 0 Å². The van der Waals surface area contributed by atoms with Crippen molar-refractivity contribution in [1.82, 2.24) is 0 Å². The van der Waals surface area contributed by atoms with Crippen molar-refractivity contribution in [2.75, 3.05) is 0 Å². The van der Waals surface area contributed by atoms with Gasteiger partial charge in [-0.05, 0) is 125 Å². The van der Waals surface area contributed by atoms with Crippen LogP contribution in [-0.2, 0) is 0 Å². The van der Waals surface area contributed by atoms with Crippen LogP contribution in [0.25, 0.3) is 108 Å². The summed E-state index contributed by atoms with van der Waals surface area (Å²) in [6, 6.07) is 67.6. The van der Waals surface area contributed by atoms with E-state index in [-0.39, 0.29) is 0 Å². The van der Waals surface area contributed by atoms with Gasteiger partial charge in [0.05, 0.1) is 0 Å². The van der Waals surface area contributed by atoms with Crippen LogP contribution in [0.15, 0.2) is 182 Å². The fraction of sp³-hybridized carbons (Fsp3) is 0.0370. The van der Waals surface area contributed by atoms with Gasteiger partial charge in [0.15, 0.2) is 0 Å². The van der Waals surface area contributed by atoms with Gasteiger partial charge >= 0.3 is 0 Å². The minimum Gasteiger partial charge on any atom is -0.135 e. The average molecular weight is 717 g/mol. The van der Waals surface area contributed by atoms with E-state index in [1.165, 1.54) is 119 Å². The fourth-order valence-electron chi connectivity index (χ4n) is 9.44. The van der Waals surface area contributed by atoms with Gasteiger partial charge in [0.1, 0.15) is 0 Å². The molecular weight excluding hydrogens is 681 g/mol. The van der Waals surface area contributed by atoms with E-state index in [2.05, 4.69) is 196 Å².